The summed E-state index contributed by atoms with van der Waals surface area (Å²) in [6.45, 7) is 1.36. The summed E-state index contributed by atoms with van der Waals surface area (Å²) in [5.74, 6) is 0.467. The minimum Gasteiger partial charge on any atom is -0.495 e. The van der Waals surface area contributed by atoms with Gasteiger partial charge in [-0.2, -0.15) is 0 Å². The van der Waals surface area contributed by atoms with Gasteiger partial charge in [-0.05, 0) is 30.3 Å². The highest BCUT2D eigenvalue weighted by atomic mass is 32.2. The van der Waals surface area contributed by atoms with Crippen LogP contribution in [0.1, 0.15) is 12.7 Å². The van der Waals surface area contributed by atoms with Gasteiger partial charge in [0.05, 0.1) is 24.7 Å². The van der Waals surface area contributed by atoms with Crippen molar-refractivity contribution in [1.29, 1.82) is 0 Å². The van der Waals surface area contributed by atoms with E-state index in [0.29, 0.717) is 11.5 Å². The lowest BCUT2D eigenvalue weighted by molar-refractivity contribution is -0.114. The quantitative estimate of drug-likeness (QED) is 0.673. The molecule has 0 saturated heterocycles. The minimum absolute atomic E-state index is 0.0149. The largest absolute Gasteiger partial charge is 0.495 e. The molecule has 27 heavy (non-hydrogen) atoms. The van der Waals surface area contributed by atoms with Gasteiger partial charge < -0.3 is 14.6 Å². The first-order chi connectivity index (χ1) is 12.8. The SMILES string of the molecule is COc1ccc(NC(C)=O)cc1S(=O)(=O)NCc1nc2ccccc2n1C. The molecular weight excluding hydrogens is 368 g/mol. The molecule has 0 unspecified atom stereocenters. The van der Waals surface area contributed by atoms with Crippen molar-refractivity contribution in [1.82, 2.24) is 14.3 Å². The van der Waals surface area contributed by atoms with Crippen LogP contribution in [-0.2, 0) is 28.4 Å². The third-order valence-corrected chi connectivity index (χ3v) is 5.50. The van der Waals surface area contributed by atoms with Crippen LogP contribution in [0.25, 0.3) is 11.0 Å². The van der Waals surface area contributed by atoms with Gasteiger partial charge in [0.2, 0.25) is 15.9 Å². The van der Waals surface area contributed by atoms with E-state index in [1.54, 1.807) is 6.07 Å². The number of imidazole rings is 1. The summed E-state index contributed by atoms with van der Waals surface area (Å²) in [5, 5.41) is 2.57. The highest BCUT2D eigenvalue weighted by molar-refractivity contribution is 7.89. The number of amides is 1. The van der Waals surface area contributed by atoms with Crippen LogP contribution in [0.3, 0.4) is 0 Å². The van der Waals surface area contributed by atoms with Crippen molar-refractivity contribution >= 4 is 32.7 Å². The van der Waals surface area contributed by atoms with Crippen LogP contribution < -0.4 is 14.8 Å². The normalized spacial score (nSPS) is 11.5. The molecule has 0 saturated carbocycles. The van der Waals surface area contributed by atoms with E-state index in [4.69, 9.17) is 4.74 Å². The molecule has 2 N–H and O–H groups in total. The molecule has 0 bridgehead atoms. The number of hydrogen-bond acceptors (Lipinski definition) is 5. The predicted octanol–water partition coefficient (Wildman–Crippen LogP) is 2.02. The van der Waals surface area contributed by atoms with Gasteiger partial charge in [-0.25, -0.2) is 18.1 Å². The number of aryl methyl sites for hydroxylation is 1. The van der Waals surface area contributed by atoms with Crippen LogP contribution in [0.2, 0.25) is 0 Å². The van der Waals surface area contributed by atoms with E-state index in [-0.39, 0.29) is 23.1 Å². The van der Waals surface area contributed by atoms with Crippen molar-refractivity contribution in [2.24, 2.45) is 7.05 Å². The lowest BCUT2D eigenvalue weighted by Gasteiger charge is -2.12. The number of nitrogens with zero attached hydrogens (tertiary/aromatic N) is 2. The molecule has 2 aromatic carbocycles. The molecule has 8 nitrogen and oxygen atoms in total. The van der Waals surface area contributed by atoms with E-state index >= 15 is 0 Å². The summed E-state index contributed by atoms with van der Waals surface area (Å²) in [4.78, 5) is 15.6. The van der Waals surface area contributed by atoms with Gasteiger partial charge in [-0.1, -0.05) is 12.1 Å². The molecule has 0 aliphatic carbocycles. The van der Waals surface area contributed by atoms with Gasteiger partial charge in [0.15, 0.2) is 0 Å². The molecule has 0 atom stereocenters. The minimum atomic E-state index is -3.89. The predicted molar refractivity (Wildman–Crippen MR) is 102 cm³/mol. The number of sulfonamides is 1. The summed E-state index contributed by atoms with van der Waals surface area (Å²) in [6.07, 6.45) is 0. The van der Waals surface area contributed by atoms with Crippen LogP contribution in [0.15, 0.2) is 47.4 Å². The molecule has 0 radical (unpaired) electrons. The van der Waals surface area contributed by atoms with Crippen molar-refractivity contribution in [3.8, 4) is 5.75 Å². The molecule has 0 aliphatic heterocycles. The average molecular weight is 388 g/mol. The topological polar surface area (TPSA) is 102 Å². The molecule has 0 aliphatic rings. The van der Waals surface area contributed by atoms with E-state index in [2.05, 4.69) is 15.0 Å². The smallest absolute Gasteiger partial charge is 0.244 e. The fourth-order valence-corrected chi connectivity index (χ4v) is 3.93. The second-order valence-corrected chi connectivity index (χ2v) is 7.68. The van der Waals surface area contributed by atoms with Crippen molar-refractivity contribution < 1.29 is 17.9 Å². The third-order valence-electron chi connectivity index (χ3n) is 4.07. The van der Waals surface area contributed by atoms with Gasteiger partial charge in [0, 0.05) is 19.7 Å². The molecule has 9 heteroatoms. The maximum absolute atomic E-state index is 12.8. The summed E-state index contributed by atoms with van der Waals surface area (Å²) >= 11 is 0. The number of carbonyl (C=O) groups is 1. The molecule has 142 valence electrons. The number of carbonyl (C=O) groups excluding carboxylic acids is 1. The molecule has 3 aromatic rings. The van der Waals surface area contributed by atoms with E-state index < -0.39 is 10.0 Å². The first-order valence-electron chi connectivity index (χ1n) is 8.17. The number of fused-ring (bicyclic) bond motifs is 1. The Hall–Kier alpha value is -2.91. The van der Waals surface area contributed by atoms with Crippen LogP contribution in [0.4, 0.5) is 5.69 Å². The third kappa shape index (κ3) is 3.93. The lowest BCUT2D eigenvalue weighted by atomic mass is 10.3. The average Bonchev–Trinajstić information content (AvgIpc) is 2.96. The fourth-order valence-electron chi connectivity index (χ4n) is 2.76. The highest BCUT2D eigenvalue weighted by Crippen LogP contribution is 2.27. The standard InChI is InChI=1S/C18H20N4O4S/c1-12(23)20-13-8-9-16(26-3)17(10-13)27(24,25)19-11-18-21-14-6-4-5-7-15(14)22(18)2/h4-10,19H,11H2,1-3H3,(H,20,23). The summed E-state index contributed by atoms with van der Waals surface area (Å²) in [6, 6.07) is 12.0. The summed E-state index contributed by atoms with van der Waals surface area (Å²) < 4.78 is 35.2. The van der Waals surface area contributed by atoms with E-state index in [0.717, 1.165) is 11.0 Å². The van der Waals surface area contributed by atoms with Crippen molar-refractivity contribution in [3.05, 3.63) is 48.3 Å². The van der Waals surface area contributed by atoms with Crippen LogP contribution in [-0.4, -0.2) is 31.0 Å². The maximum atomic E-state index is 12.8. The Kier molecular flexibility index (Phi) is 5.15. The Morgan fingerprint density at radius 3 is 2.63 bits per heavy atom. The number of methoxy groups -OCH3 is 1. The van der Waals surface area contributed by atoms with E-state index in [1.807, 2.05) is 35.9 Å². The Balaban J connectivity index is 1.89. The molecule has 1 amide bonds. The molecule has 1 heterocycles. The number of benzene rings is 2. The Labute approximate surface area is 157 Å². The number of anilines is 1. The number of rotatable bonds is 6. The number of nitrogens with one attached hydrogen (secondary N) is 2. The number of aromatic nitrogens is 2. The summed E-state index contributed by atoms with van der Waals surface area (Å²) in [5.41, 5.74) is 2.07. The molecule has 3 rings (SSSR count). The zero-order valence-corrected chi connectivity index (χ0v) is 16.0. The van der Waals surface area contributed by atoms with Gasteiger partial charge in [0.25, 0.3) is 0 Å². The first-order valence-corrected chi connectivity index (χ1v) is 9.66. The van der Waals surface area contributed by atoms with Crippen LogP contribution >= 0.6 is 0 Å². The van der Waals surface area contributed by atoms with E-state index in [9.17, 15) is 13.2 Å². The van der Waals surface area contributed by atoms with Gasteiger partial charge in [-0.3, -0.25) is 4.79 Å². The Bertz CT molecular complexity index is 1110. The molecule has 1 aromatic heterocycles. The summed E-state index contributed by atoms with van der Waals surface area (Å²) in [7, 11) is -0.676. The fraction of sp³-hybridized carbons (Fsp3) is 0.222. The van der Waals surface area contributed by atoms with Crippen molar-refractivity contribution in [2.75, 3.05) is 12.4 Å². The van der Waals surface area contributed by atoms with Crippen LogP contribution in [0, 0.1) is 0 Å². The van der Waals surface area contributed by atoms with Gasteiger partial charge in [-0.15, -0.1) is 0 Å². The monoisotopic (exact) mass is 388 g/mol. The number of hydrogen-bond donors (Lipinski definition) is 2. The Morgan fingerprint density at radius 1 is 1.22 bits per heavy atom. The van der Waals surface area contributed by atoms with Gasteiger partial charge >= 0.3 is 0 Å². The zero-order chi connectivity index (χ0) is 19.6. The molecule has 0 spiro atoms. The zero-order valence-electron chi connectivity index (χ0n) is 15.2. The van der Waals surface area contributed by atoms with E-state index in [1.165, 1.54) is 26.2 Å². The molecular formula is C18H20N4O4S. The highest BCUT2D eigenvalue weighted by Gasteiger charge is 2.21. The van der Waals surface area contributed by atoms with Crippen LogP contribution in [0.5, 0.6) is 5.75 Å². The number of ether oxygens (including phenoxy) is 1. The first kappa shape index (κ1) is 18.9. The second-order valence-electron chi connectivity index (χ2n) is 5.95. The second kappa shape index (κ2) is 7.37. The maximum Gasteiger partial charge on any atom is 0.244 e. The Morgan fingerprint density at radius 2 is 1.96 bits per heavy atom. The van der Waals surface area contributed by atoms with Gasteiger partial charge in [0.1, 0.15) is 16.5 Å². The lowest BCUT2D eigenvalue weighted by Crippen LogP contribution is -2.25. The number of para-hydroxylation sites is 2. The van der Waals surface area contributed by atoms with Crippen molar-refractivity contribution in [2.45, 2.75) is 18.4 Å². The van der Waals surface area contributed by atoms with Crippen molar-refractivity contribution in [3.63, 3.8) is 0 Å². The molecule has 0 fully saturated rings.